The van der Waals surface area contributed by atoms with Gasteiger partial charge in [0.2, 0.25) is 5.91 Å². The van der Waals surface area contributed by atoms with E-state index in [1.165, 1.54) is 38.1 Å². The van der Waals surface area contributed by atoms with Gasteiger partial charge in [0.25, 0.3) is 5.91 Å². The lowest BCUT2D eigenvalue weighted by Crippen LogP contribution is -2.47. The quantitative estimate of drug-likeness (QED) is 0.220. The van der Waals surface area contributed by atoms with Crippen molar-refractivity contribution in [2.75, 3.05) is 13.1 Å². The maximum absolute atomic E-state index is 13.7. The minimum absolute atomic E-state index is 0.0647. The molecule has 208 valence electrons. The molecule has 2 N–H and O–H groups in total. The molecule has 0 saturated carbocycles. The molecule has 2 aromatic rings. The fourth-order valence-electron chi connectivity index (χ4n) is 3.09. The van der Waals surface area contributed by atoms with E-state index in [4.69, 9.17) is 34.8 Å². The van der Waals surface area contributed by atoms with Crippen LogP contribution in [0.1, 0.15) is 41.3 Å². The van der Waals surface area contributed by atoms with Crippen molar-refractivity contribution in [3.63, 3.8) is 0 Å². The third kappa shape index (κ3) is 9.07. The van der Waals surface area contributed by atoms with Gasteiger partial charge in [0.05, 0.1) is 32.0 Å². The van der Waals surface area contributed by atoms with Crippen molar-refractivity contribution in [3.8, 4) is 0 Å². The molecule has 2 rings (SSSR count). The molecule has 1 atom stereocenters. The minimum Gasteiger partial charge on any atom is -0.351 e. The third-order valence-electron chi connectivity index (χ3n) is 5.19. The Morgan fingerprint density at radius 3 is 2.03 bits per heavy atom. The average molecular weight is 669 g/mol. The Hall–Kier alpha value is -1.95. The van der Waals surface area contributed by atoms with E-state index in [1.54, 1.807) is 5.32 Å². The summed E-state index contributed by atoms with van der Waals surface area (Å²) in [5.74, 6) is -3.61. The number of rotatable bonds is 8. The van der Waals surface area contributed by atoms with E-state index in [0.29, 0.717) is 5.56 Å². The summed E-state index contributed by atoms with van der Waals surface area (Å²) < 4.78 is 78.5. The summed E-state index contributed by atoms with van der Waals surface area (Å²) in [4.78, 5) is 24.6. The van der Waals surface area contributed by atoms with Crippen LogP contribution in [0.2, 0.25) is 15.1 Å². The predicted molar refractivity (Wildman–Crippen MR) is 139 cm³/mol. The van der Waals surface area contributed by atoms with E-state index >= 15 is 0 Å². The molecule has 0 aliphatic heterocycles. The second kappa shape index (κ2) is 12.5. The van der Waals surface area contributed by atoms with Gasteiger partial charge < -0.3 is 10.6 Å². The van der Waals surface area contributed by atoms with Crippen LogP contribution >= 0.6 is 50.7 Å². The first-order chi connectivity index (χ1) is 17.3. The molecule has 0 aliphatic carbocycles. The Morgan fingerprint density at radius 1 is 0.947 bits per heavy atom. The van der Waals surface area contributed by atoms with Crippen LogP contribution in [-0.2, 0) is 4.79 Å². The Morgan fingerprint density at radius 2 is 1.53 bits per heavy atom. The molecule has 0 fully saturated rings. The molecule has 2 aromatic carbocycles. The highest BCUT2D eigenvalue weighted by molar-refractivity contribution is 9.10. The highest BCUT2D eigenvalue weighted by Crippen LogP contribution is 2.41. The van der Waals surface area contributed by atoms with Crippen LogP contribution in [0, 0.1) is 5.41 Å². The Bertz CT molecular complexity index is 1210. The molecular formula is C24H20BrCl3F6N2O2. The van der Waals surface area contributed by atoms with E-state index in [2.05, 4.69) is 21.2 Å². The van der Waals surface area contributed by atoms with E-state index in [-0.39, 0.29) is 37.2 Å². The number of benzene rings is 2. The first-order valence-corrected chi connectivity index (χ1v) is 12.6. The van der Waals surface area contributed by atoms with Crippen molar-refractivity contribution in [1.29, 1.82) is 0 Å². The normalized spacial score (nSPS) is 13.5. The zero-order chi connectivity index (χ0) is 29.1. The van der Waals surface area contributed by atoms with Crippen molar-refractivity contribution < 1.29 is 35.9 Å². The summed E-state index contributed by atoms with van der Waals surface area (Å²) in [6, 6.07) is 6.29. The van der Waals surface area contributed by atoms with Gasteiger partial charge in [-0.15, -0.1) is 0 Å². The number of nitrogens with one attached hydrogen (secondary N) is 2. The highest BCUT2D eigenvalue weighted by atomic mass is 79.9. The molecule has 0 bridgehead atoms. The van der Waals surface area contributed by atoms with Gasteiger partial charge in [-0.3, -0.25) is 9.59 Å². The van der Waals surface area contributed by atoms with Crippen molar-refractivity contribution >= 4 is 68.6 Å². The van der Waals surface area contributed by atoms with Gasteiger partial charge in [-0.05, 0) is 65.2 Å². The van der Waals surface area contributed by atoms with Crippen LogP contribution in [0.5, 0.6) is 0 Å². The largest absolute Gasteiger partial charge is 0.405 e. The predicted octanol–water partition coefficient (Wildman–Crippen LogP) is 8.20. The molecule has 14 heteroatoms. The maximum atomic E-state index is 13.7. The number of allylic oxidation sites excluding steroid dienone is 1. The second-order valence-corrected chi connectivity index (χ2v) is 10.8. The molecule has 2 amide bonds. The third-order valence-corrected chi connectivity index (χ3v) is 7.04. The fourth-order valence-corrected chi connectivity index (χ4v) is 4.28. The lowest BCUT2D eigenvalue weighted by atomic mass is 9.92. The summed E-state index contributed by atoms with van der Waals surface area (Å²) in [6.07, 6.45) is -7.15. The molecular weight excluding hydrogens is 649 g/mol. The van der Waals surface area contributed by atoms with Crippen LogP contribution in [0.3, 0.4) is 0 Å². The van der Waals surface area contributed by atoms with Crippen LogP contribution < -0.4 is 10.6 Å². The van der Waals surface area contributed by atoms with Gasteiger partial charge in [-0.2, -0.15) is 26.3 Å². The molecule has 0 saturated heterocycles. The molecule has 38 heavy (non-hydrogen) atoms. The Kier molecular flexibility index (Phi) is 10.6. The number of amides is 2. The smallest absolute Gasteiger partial charge is 0.351 e. The molecule has 0 aromatic heterocycles. The van der Waals surface area contributed by atoms with Crippen LogP contribution in [0.25, 0.3) is 6.08 Å². The molecule has 4 nitrogen and oxygen atoms in total. The minimum atomic E-state index is -4.67. The van der Waals surface area contributed by atoms with Crippen molar-refractivity contribution in [2.24, 2.45) is 5.41 Å². The highest BCUT2D eigenvalue weighted by Gasteiger charge is 2.39. The Balaban J connectivity index is 2.16. The summed E-state index contributed by atoms with van der Waals surface area (Å²) >= 11 is 20.8. The molecule has 0 spiro atoms. The molecule has 1 unspecified atom stereocenters. The first-order valence-electron chi connectivity index (χ1n) is 10.6. The zero-order valence-corrected chi connectivity index (χ0v) is 23.5. The van der Waals surface area contributed by atoms with Gasteiger partial charge in [0.15, 0.2) is 0 Å². The van der Waals surface area contributed by atoms with E-state index in [9.17, 15) is 35.9 Å². The molecule has 0 aliphatic rings. The maximum Gasteiger partial charge on any atom is 0.405 e. The van der Waals surface area contributed by atoms with Crippen LogP contribution in [-0.4, -0.2) is 37.3 Å². The summed E-state index contributed by atoms with van der Waals surface area (Å²) in [5.41, 5.74) is -1.15. The number of halogens is 10. The van der Waals surface area contributed by atoms with E-state index in [1.807, 2.05) is 0 Å². The number of carbonyl (C=O) groups excluding carboxylic acids is 2. The first kappa shape index (κ1) is 32.3. The van der Waals surface area contributed by atoms with Crippen LogP contribution in [0.15, 0.2) is 40.9 Å². The van der Waals surface area contributed by atoms with Crippen molar-refractivity contribution in [3.05, 3.63) is 72.6 Å². The number of hydrogen-bond donors (Lipinski definition) is 2. The van der Waals surface area contributed by atoms with Gasteiger partial charge in [0, 0.05) is 11.0 Å². The lowest BCUT2D eigenvalue weighted by Gasteiger charge is -2.24. The van der Waals surface area contributed by atoms with Crippen molar-refractivity contribution in [2.45, 2.75) is 32.1 Å². The standard InChI is InChI=1S/C24H20BrCl3F6N2O2/c1-22(2,21(38)36-11-23(29,30)31)10-35-20(37)14-5-3-12(7-16(14)25)4-6-15(24(32,33)34)13-8-17(26)19(28)18(27)9-13/h3-9,15H,10-11H2,1-2H3,(H,35,37)(H,36,38)/b6-4+. The van der Waals surface area contributed by atoms with Gasteiger partial charge >= 0.3 is 12.4 Å². The van der Waals surface area contributed by atoms with Gasteiger partial charge in [-0.25, -0.2) is 0 Å². The number of carbonyl (C=O) groups is 2. The summed E-state index contributed by atoms with van der Waals surface area (Å²) in [5, 5.41) is 3.91. The lowest BCUT2D eigenvalue weighted by molar-refractivity contribution is -0.143. The van der Waals surface area contributed by atoms with E-state index < -0.39 is 42.0 Å². The summed E-state index contributed by atoms with van der Waals surface area (Å²) in [7, 11) is 0. The van der Waals surface area contributed by atoms with Crippen molar-refractivity contribution in [1.82, 2.24) is 10.6 Å². The Labute approximate surface area is 237 Å². The average Bonchev–Trinajstić information content (AvgIpc) is 2.78. The summed E-state index contributed by atoms with van der Waals surface area (Å²) in [6.45, 7) is 0.945. The van der Waals surface area contributed by atoms with Gasteiger partial charge in [0.1, 0.15) is 6.54 Å². The zero-order valence-electron chi connectivity index (χ0n) is 19.6. The topological polar surface area (TPSA) is 58.2 Å². The second-order valence-electron chi connectivity index (χ2n) is 8.78. The molecule has 0 heterocycles. The fraction of sp³-hybridized carbons (Fsp3) is 0.333. The SMILES string of the molecule is CC(C)(CNC(=O)c1ccc(/C=C/C(c2cc(Cl)c(Cl)c(Cl)c2)C(F)(F)F)cc1Br)C(=O)NCC(F)(F)F. The molecule has 0 radical (unpaired) electrons. The van der Waals surface area contributed by atoms with E-state index in [0.717, 1.165) is 18.2 Å². The number of alkyl halides is 6. The van der Waals surface area contributed by atoms with Gasteiger partial charge in [-0.1, -0.05) is 53.0 Å². The number of hydrogen-bond acceptors (Lipinski definition) is 2. The van der Waals surface area contributed by atoms with Crippen LogP contribution in [0.4, 0.5) is 26.3 Å². The monoisotopic (exact) mass is 666 g/mol.